The van der Waals surface area contributed by atoms with E-state index in [9.17, 15) is 9.59 Å². The van der Waals surface area contributed by atoms with Crippen molar-refractivity contribution in [2.45, 2.75) is 19.9 Å². The minimum Gasteiger partial charge on any atom is -0.482 e. The number of ether oxygens (including phenoxy) is 1. The van der Waals surface area contributed by atoms with Crippen LogP contribution in [0.25, 0.3) is 0 Å². The Labute approximate surface area is 126 Å². The molecule has 1 aliphatic rings. The molecule has 0 aliphatic carbocycles. The maximum Gasteiger partial charge on any atom is 0.290 e. The summed E-state index contributed by atoms with van der Waals surface area (Å²) in [5, 5.41) is 9.24. The van der Waals surface area contributed by atoms with E-state index in [2.05, 4.69) is 15.8 Å². The Hall–Kier alpha value is -2.83. The zero-order chi connectivity index (χ0) is 15.7. The highest BCUT2D eigenvalue weighted by molar-refractivity contribution is 5.95. The summed E-state index contributed by atoms with van der Waals surface area (Å²) in [7, 11) is 0. The summed E-state index contributed by atoms with van der Waals surface area (Å²) in [6.07, 6.45) is 0. The second-order valence-corrected chi connectivity index (χ2v) is 5.12. The molecule has 22 heavy (non-hydrogen) atoms. The van der Waals surface area contributed by atoms with Crippen LogP contribution in [0, 0.1) is 6.92 Å². The van der Waals surface area contributed by atoms with Crippen molar-refractivity contribution >= 4 is 17.5 Å². The molecule has 0 bridgehead atoms. The Kier molecular flexibility index (Phi) is 3.54. The summed E-state index contributed by atoms with van der Waals surface area (Å²) >= 11 is 0. The summed E-state index contributed by atoms with van der Waals surface area (Å²) < 4.78 is 10.2. The molecule has 0 radical (unpaired) electrons. The van der Waals surface area contributed by atoms with E-state index < -0.39 is 0 Å². The molecule has 114 valence electrons. The third kappa shape index (κ3) is 2.78. The van der Waals surface area contributed by atoms with Gasteiger partial charge in [-0.25, -0.2) is 0 Å². The van der Waals surface area contributed by atoms with Gasteiger partial charge >= 0.3 is 0 Å². The molecular weight excluding hydrogens is 286 g/mol. The van der Waals surface area contributed by atoms with Crippen molar-refractivity contribution in [3.63, 3.8) is 0 Å². The van der Waals surface area contributed by atoms with E-state index in [0.29, 0.717) is 17.1 Å². The van der Waals surface area contributed by atoms with Crippen molar-refractivity contribution in [2.75, 3.05) is 11.9 Å². The second kappa shape index (κ2) is 5.51. The van der Waals surface area contributed by atoms with Gasteiger partial charge in [-0.3, -0.25) is 9.59 Å². The van der Waals surface area contributed by atoms with E-state index in [1.54, 1.807) is 25.1 Å². The van der Waals surface area contributed by atoms with E-state index in [1.165, 1.54) is 0 Å². The molecule has 1 aliphatic heterocycles. The van der Waals surface area contributed by atoms with Crippen LogP contribution >= 0.6 is 0 Å². The molecule has 2 amide bonds. The predicted octanol–water partition coefficient (Wildman–Crippen LogP) is 1.80. The molecule has 3 rings (SSSR count). The average Bonchev–Trinajstić information content (AvgIpc) is 2.93. The molecule has 1 aromatic carbocycles. The van der Waals surface area contributed by atoms with Gasteiger partial charge in [-0.05, 0) is 31.5 Å². The van der Waals surface area contributed by atoms with Crippen LogP contribution in [0.15, 0.2) is 28.8 Å². The van der Waals surface area contributed by atoms with E-state index >= 15 is 0 Å². The number of aromatic nitrogens is 1. The molecule has 0 unspecified atom stereocenters. The molecule has 2 heterocycles. The molecule has 0 saturated carbocycles. The summed E-state index contributed by atoms with van der Waals surface area (Å²) in [4.78, 5) is 23.4. The number of fused-ring (bicyclic) bond motifs is 1. The van der Waals surface area contributed by atoms with Gasteiger partial charge in [0.05, 0.1) is 17.4 Å². The number of nitrogens with zero attached hydrogens (tertiary/aromatic N) is 1. The zero-order valence-electron chi connectivity index (χ0n) is 12.2. The smallest absolute Gasteiger partial charge is 0.290 e. The number of anilines is 1. The van der Waals surface area contributed by atoms with E-state index in [1.807, 2.05) is 13.0 Å². The van der Waals surface area contributed by atoms with E-state index in [-0.39, 0.29) is 30.2 Å². The van der Waals surface area contributed by atoms with E-state index in [0.717, 1.165) is 5.56 Å². The highest BCUT2D eigenvalue weighted by atomic mass is 16.5. The van der Waals surface area contributed by atoms with Gasteiger partial charge in [0.2, 0.25) is 5.76 Å². The summed E-state index contributed by atoms with van der Waals surface area (Å²) in [6.45, 7) is 3.60. The lowest BCUT2D eigenvalue weighted by Gasteiger charge is -2.20. The summed E-state index contributed by atoms with van der Waals surface area (Å²) in [5.41, 5.74) is 2.09. The lowest BCUT2D eigenvalue weighted by Crippen LogP contribution is -2.28. The van der Waals surface area contributed by atoms with Gasteiger partial charge in [0, 0.05) is 6.07 Å². The predicted molar refractivity (Wildman–Crippen MR) is 77.7 cm³/mol. The highest BCUT2D eigenvalue weighted by Crippen LogP contribution is 2.30. The van der Waals surface area contributed by atoms with Gasteiger partial charge in [-0.15, -0.1) is 0 Å². The SMILES string of the molecule is Cc1cc(C(=O)N[C@@H](C)c2ccc3c(c2)NC(=O)CO3)on1. The lowest BCUT2D eigenvalue weighted by molar-refractivity contribution is -0.118. The fourth-order valence-electron chi connectivity index (χ4n) is 2.19. The second-order valence-electron chi connectivity index (χ2n) is 5.12. The Bertz CT molecular complexity index is 738. The van der Waals surface area contributed by atoms with Crippen LogP contribution < -0.4 is 15.4 Å². The molecule has 2 aromatic rings. The van der Waals surface area contributed by atoms with Gasteiger partial charge in [0.15, 0.2) is 6.61 Å². The number of amides is 2. The quantitative estimate of drug-likeness (QED) is 0.901. The first-order valence-electron chi connectivity index (χ1n) is 6.83. The standard InChI is InChI=1S/C15H15N3O4/c1-8-5-13(22-18-8)15(20)16-9(2)10-3-4-12-11(6-10)17-14(19)7-21-12/h3-6,9H,7H2,1-2H3,(H,16,20)(H,17,19)/t9-/m0/s1. The monoisotopic (exact) mass is 301 g/mol. The molecule has 0 spiro atoms. The zero-order valence-corrected chi connectivity index (χ0v) is 12.2. The number of hydrogen-bond acceptors (Lipinski definition) is 5. The van der Waals surface area contributed by atoms with Gasteiger partial charge in [0.1, 0.15) is 5.75 Å². The van der Waals surface area contributed by atoms with Crippen LogP contribution in [-0.2, 0) is 4.79 Å². The van der Waals surface area contributed by atoms with E-state index in [4.69, 9.17) is 9.26 Å². The molecule has 0 saturated heterocycles. The maximum atomic E-state index is 12.0. The topological polar surface area (TPSA) is 93.5 Å². The maximum absolute atomic E-state index is 12.0. The minimum atomic E-state index is -0.342. The molecule has 2 N–H and O–H groups in total. The lowest BCUT2D eigenvalue weighted by atomic mass is 10.1. The van der Waals surface area contributed by atoms with Gasteiger partial charge in [-0.1, -0.05) is 11.2 Å². The molecule has 0 fully saturated rings. The number of carbonyl (C=O) groups is 2. The molecule has 1 atom stereocenters. The first kappa shape index (κ1) is 14.1. The third-order valence-corrected chi connectivity index (χ3v) is 3.34. The molecule has 1 aromatic heterocycles. The Balaban J connectivity index is 1.75. The van der Waals surface area contributed by atoms with Crippen molar-refractivity contribution in [1.82, 2.24) is 10.5 Å². The van der Waals surface area contributed by atoms with Gasteiger partial charge in [0.25, 0.3) is 11.8 Å². The van der Waals surface area contributed by atoms with Crippen LogP contribution in [0.2, 0.25) is 0 Å². The Morgan fingerprint density at radius 3 is 2.95 bits per heavy atom. The van der Waals surface area contributed by atoms with Crippen molar-refractivity contribution in [2.24, 2.45) is 0 Å². The number of hydrogen-bond donors (Lipinski definition) is 2. The van der Waals surface area contributed by atoms with Crippen LogP contribution in [0.1, 0.15) is 34.8 Å². The van der Waals surface area contributed by atoms with Gasteiger partial charge in [-0.2, -0.15) is 0 Å². The molecule has 7 heteroatoms. The number of benzene rings is 1. The van der Waals surface area contributed by atoms with Crippen molar-refractivity contribution in [3.8, 4) is 5.75 Å². The van der Waals surface area contributed by atoms with Crippen LogP contribution in [0.4, 0.5) is 5.69 Å². The first-order valence-corrected chi connectivity index (χ1v) is 6.83. The minimum absolute atomic E-state index is 0.0173. The highest BCUT2D eigenvalue weighted by Gasteiger charge is 2.19. The van der Waals surface area contributed by atoms with Crippen molar-refractivity contribution in [3.05, 3.63) is 41.3 Å². The molecular formula is C15H15N3O4. The first-order chi connectivity index (χ1) is 10.5. The van der Waals surface area contributed by atoms with Crippen molar-refractivity contribution < 1.29 is 18.8 Å². The fraction of sp³-hybridized carbons (Fsp3) is 0.267. The summed E-state index contributed by atoms with van der Waals surface area (Å²) in [6, 6.07) is 6.70. The number of aryl methyl sites for hydroxylation is 1. The number of rotatable bonds is 3. The van der Waals surface area contributed by atoms with Gasteiger partial charge < -0.3 is 19.9 Å². The van der Waals surface area contributed by atoms with Crippen LogP contribution in [0.5, 0.6) is 5.75 Å². The Morgan fingerprint density at radius 1 is 1.41 bits per heavy atom. The number of carbonyl (C=O) groups excluding carboxylic acids is 2. The normalized spacial score (nSPS) is 14.5. The molecule has 7 nitrogen and oxygen atoms in total. The fourth-order valence-corrected chi connectivity index (χ4v) is 2.19. The largest absolute Gasteiger partial charge is 0.482 e. The van der Waals surface area contributed by atoms with Crippen LogP contribution in [0.3, 0.4) is 0 Å². The van der Waals surface area contributed by atoms with Crippen molar-refractivity contribution in [1.29, 1.82) is 0 Å². The Morgan fingerprint density at radius 2 is 2.23 bits per heavy atom. The van der Waals surface area contributed by atoms with Crippen LogP contribution in [-0.4, -0.2) is 23.6 Å². The summed E-state index contributed by atoms with van der Waals surface area (Å²) in [5.74, 6) is 0.247. The average molecular weight is 301 g/mol. The number of nitrogens with one attached hydrogen (secondary N) is 2. The third-order valence-electron chi connectivity index (χ3n) is 3.34.